The zero-order valence-corrected chi connectivity index (χ0v) is 14.8. The number of hydrogen-bond acceptors (Lipinski definition) is 6. The number of carbonyl (C=O) groups excluding carboxylic acids is 1. The monoisotopic (exact) mass is 405 g/mol. The molecule has 2 fully saturated rings. The lowest BCUT2D eigenvalue weighted by Crippen LogP contribution is -2.41. The number of nitrogens with zero attached hydrogens (tertiary/aromatic N) is 2. The summed E-state index contributed by atoms with van der Waals surface area (Å²) in [4.78, 5) is 24.7. The fourth-order valence-electron chi connectivity index (χ4n) is 2.99. The quantitative estimate of drug-likeness (QED) is 0.761. The molecule has 0 radical (unpaired) electrons. The van der Waals surface area contributed by atoms with Crippen molar-refractivity contribution >= 4 is 33.4 Å². The molecule has 0 saturated carbocycles. The molecule has 2 amide bonds. The molecule has 1 atom stereocenters. The molecule has 1 aromatic carbocycles. The summed E-state index contributed by atoms with van der Waals surface area (Å²) in [6.07, 6.45) is -2.91. The molecule has 0 spiro atoms. The van der Waals surface area contributed by atoms with E-state index in [0.717, 1.165) is 17.0 Å². The molecule has 148 valence electrons. The lowest BCUT2D eigenvalue weighted by molar-refractivity contribution is 0.136. The molecule has 1 aromatic rings. The van der Waals surface area contributed by atoms with Crippen LogP contribution in [0.5, 0.6) is 0 Å². The van der Waals surface area contributed by atoms with Gasteiger partial charge in [-0.1, -0.05) is 0 Å². The van der Waals surface area contributed by atoms with Gasteiger partial charge in [-0.05, 0) is 0 Å². The fraction of sp³-hybridized carbons (Fsp3) is 0.467. The van der Waals surface area contributed by atoms with E-state index in [9.17, 15) is 26.8 Å². The van der Waals surface area contributed by atoms with Crippen LogP contribution in [0.2, 0.25) is 0 Å². The van der Waals surface area contributed by atoms with Crippen molar-refractivity contribution in [1.29, 1.82) is 0 Å². The number of cyclic esters (lactones) is 1. The molecule has 2 aliphatic heterocycles. The Balaban J connectivity index is 1.77. The molecule has 27 heavy (non-hydrogen) atoms. The molecule has 0 aromatic heterocycles. The molecule has 0 bridgehead atoms. The van der Waals surface area contributed by atoms with E-state index < -0.39 is 39.8 Å². The zero-order valence-electron chi connectivity index (χ0n) is 14.0. The van der Waals surface area contributed by atoms with Crippen molar-refractivity contribution in [1.82, 2.24) is 5.32 Å². The first-order chi connectivity index (χ1) is 12.7. The molecule has 2 N–H and O–H groups in total. The number of rotatable bonds is 4. The van der Waals surface area contributed by atoms with Crippen molar-refractivity contribution in [2.45, 2.75) is 6.10 Å². The third-order valence-corrected chi connectivity index (χ3v) is 5.94. The number of hydrogen-bond donors (Lipinski definition) is 2. The second-order valence-corrected chi connectivity index (χ2v) is 8.50. The van der Waals surface area contributed by atoms with Gasteiger partial charge in [-0.3, -0.25) is 4.90 Å². The van der Waals surface area contributed by atoms with Crippen LogP contribution >= 0.6 is 0 Å². The lowest BCUT2D eigenvalue weighted by Gasteiger charge is -2.29. The smallest absolute Gasteiger partial charge is 0.414 e. The standard InChI is InChI=1S/C15H17F2N3O6S/c16-11-5-9(20-8-10(26-15(20)23)7-18-14(21)22)6-12(17)13(11)19-1-3-27(24,25)4-2-19/h5-6,10,18H,1-4,7-8H2,(H,21,22)/t10-/m0/s1. The van der Waals surface area contributed by atoms with Gasteiger partial charge < -0.3 is 20.1 Å². The van der Waals surface area contributed by atoms with Crippen molar-refractivity contribution in [3.8, 4) is 0 Å². The topological polar surface area (TPSA) is 116 Å². The van der Waals surface area contributed by atoms with E-state index in [1.54, 1.807) is 0 Å². The van der Waals surface area contributed by atoms with Gasteiger partial charge in [0.1, 0.15) is 11.8 Å². The molecular formula is C15H17F2N3O6S. The van der Waals surface area contributed by atoms with Crippen LogP contribution in [0.15, 0.2) is 12.1 Å². The Morgan fingerprint density at radius 2 is 1.85 bits per heavy atom. The minimum Gasteiger partial charge on any atom is -0.465 e. The maximum absolute atomic E-state index is 14.5. The third kappa shape index (κ3) is 4.21. The van der Waals surface area contributed by atoms with Gasteiger partial charge in [0.15, 0.2) is 21.5 Å². The van der Waals surface area contributed by atoms with E-state index in [1.807, 2.05) is 0 Å². The van der Waals surface area contributed by atoms with Gasteiger partial charge in [-0.2, -0.15) is 0 Å². The van der Waals surface area contributed by atoms with Crippen LogP contribution in [0.3, 0.4) is 0 Å². The van der Waals surface area contributed by atoms with Crippen molar-refractivity contribution in [3.63, 3.8) is 0 Å². The maximum atomic E-state index is 14.5. The van der Waals surface area contributed by atoms with Crippen LogP contribution in [0.4, 0.5) is 29.7 Å². The number of anilines is 2. The Morgan fingerprint density at radius 1 is 1.26 bits per heavy atom. The minimum atomic E-state index is -3.20. The number of sulfone groups is 1. The predicted octanol–water partition coefficient (Wildman–Crippen LogP) is 0.792. The van der Waals surface area contributed by atoms with Crippen LogP contribution < -0.4 is 15.1 Å². The van der Waals surface area contributed by atoms with Crippen LogP contribution in [0, 0.1) is 11.6 Å². The molecule has 0 aliphatic carbocycles. The largest absolute Gasteiger partial charge is 0.465 e. The van der Waals surface area contributed by atoms with Gasteiger partial charge in [-0.15, -0.1) is 0 Å². The zero-order chi connectivity index (χ0) is 19.8. The summed E-state index contributed by atoms with van der Waals surface area (Å²) in [6, 6.07) is 1.94. The van der Waals surface area contributed by atoms with Gasteiger partial charge in [0, 0.05) is 25.2 Å². The highest BCUT2D eigenvalue weighted by Gasteiger charge is 2.34. The van der Waals surface area contributed by atoms with E-state index in [2.05, 4.69) is 5.32 Å². The van der Waals surface area contributed by atoms with Gasteiger partial charge in [0.2, 0.25) is 0 Å². The summed E-state index contributed by atoms with van der Waals surface area (Å²) < 4.78 is 57.0. The van der Waals surface area contributed by atoms with E-state index in [1.165, 1.54) is 4.90 Å². The second-order valence-electron chi connectivity index (χ2n) is 6.20. The Kier molecular flexibility index (Phi) is 5.09. The van der Waals surface area contributed by atoms with E-state index in [0.29, 0.717) is 0 Å². The van der Waals surface area contributed by atoms with Crippen molar-refractivity contribution in [3.05, 3.63) is 23.8 Å². The average Bonchev–Trinajstić information content (AvgIpc) is 2.94. The molecular weight excluding hydrogens is 388 g/mol. The van der Waals surface area contributed by atoms with Gasteiger partial charge in [0.05, 0.1) is 30.3 Å². The SMILES string of the molecule is O=C(O)NC[C@H]1CN(c2cc(F)c(N3CCS(=O)(=O)CC3)c(F)c2)C(=O)O1. The summed E-state index contributed by atoms with van der Waals surface area (Å²) in [6.45, 7) is -0.267. The third-order valence-electron chi connectivity index (χ3n) is 4.33. The normalized spacial score (nSPS) is 21.9. The van der Waals surface area contributed by atoms with Crippen molar-refractivity contribution in [2.75, 3.05) is 47.5 Å². The van der Waals surface area contributed by atoms with Crippen LogP contribution in [-0.2, 0) is 14.6 Å². The lowest BCUT2D eigenvalue weighted by atomic mass is 10.2. The first-order valence-electron chi connectivity index (χ1n) is 8.05. The molecule has 12 heteroatoms. The molecule has 2 heterocycles. The highest BCUT2D eigenvalue weighted by Crippen LogP contribution is 2.31. The Labute approximate surface area is 153 Å². The molecule has 2 saturated heterocycles. The highest BCUT2D eigenvalue weighted by atomic mass is 32.2. The number of ether oxygens (including phenoxy) is 1. The average molecular weight is 405 g/mol. The van der Waals surface area contributed by atoms with E-state index in [-0.39, 0.29) is 49.1 Å². The number of amides is 2. The van der Waals surface area contributed by atoms with E-state index in [4.69, 9.17) is 9.84 Å². The number of benzene rings is 1. The van der Waals surface area contributed by atoms with Gasteiger partial charge in [-0.25, -0.2) is 26.8 Å². The number of nitrogens with one attached hydrogen (secondary N) is 1. The van der Waals surface area contributed by atoms with Crippen molar-refractivity contribution < 1.29 is 36.6 Å². The summed E-state index contributed by atoms with van der Waals surface area (Å²) in [5, 5.41) is 10.6. The van der Waals surface area contributed by atoms with Crippen LogP contribution in [-0.4, -0.2) is 69.5 Å². The highest BCUT2D eigenvalue weighted by molar-refractivity contribution is 7.91. The first-order valence-corrected chi connectivity index (χ1v) is 9.88. The Bertz CT molecular complexity index is 841. The molecule has 2 aliphatic rings. The van der Waals surface area contributed by atoms with Gasteiger partial charge >= 0.3 is 12.2 Å². The number of halogens is 2. The minimum absolute atomic E-state index is 0.0236. The summed E-state index contributed by atoms with van der Waals surface area (Å²) >= 11 is 0. The summed E-state index contributed by atoms with van der Waals surface area (Å²) in [5.74, 6) is -2.23. The molecule has 3 rings (SSSR count). The molecule has 0 unspecified atom stereocenters. The predicted molar refractivity (Wildman–Crippen MR) is 90.9 cm³/mol. The Hall–Kier alpha value is -2.63. The summed E-state index contributed by atoms with van der Waals surface area (Å²) in [7, 11) is -3.20. The molecule has 9 nitrogen and oxygen atoms in total. The van der Waals surface area contributed by atoms with Gasteiger partial charge in [0.25, 0.3) is 0 Å². The fourth-order valence-corrected chi connectivity index (χ4v) is 4.19. The number of carbonyl (C=O) groups is 2. The van der Waals surface area contributed by atoms with Crippen LogP contribution in [0.1, 0.15) is 0 Å². The van der Waals surface area contributed by atoms with E-state index >= 15 is 0 Å². The summed E-state index contributed by atoms with van der Waals surface area (Å²) in [5.41, 5.74) is -0.411. The second kappa shape index (κ2) is 7.18. The van der Waals surface area contributed by atoms with Crippen molar-refractivity contribution in [2.24, 2.45) is 0 Å². The first kappa shape index (κ1) is 19.1. The maximum Gasteiger partial charge on any atom is 0.414 e. The van der Waals surface area contributed by atoms with Crippen LogP contribution in [0.25, 0.3) is 0 Å². The number of carboxylic acid groups (broad SMARTS) is 1. The Morgan fingerprint density at radius 3 is 2.41 bits per heavy atom.